The second kappa shape index (κ2) is 4.83. The maximum absolute atomic E-state index is 11.5. The Morgan fingerprint density at radius 2 is 1.95 bits per heavy atom. The zero-order valence-electron chi connectivity index (χ0n) is 10.7. The Bertz CT molecular complexity index is 737. The van der Waals surface area contributed by atoms with E-state index in [9.17, 15) is 8.42 Å². The highest BCUT2D eigenvalue weighted by molar-refractivity contribution is 7.88. The molecule has 8 nitrogen and oxygen atoms in total. The van der Waals surface area contributed by atoms with E-state index < -0.39 is 10.0 Å². The third kappa shape index (κ3) is 2.43. The largest absolute Gasteiger partial charge is 0.352 e. The molecule has 0 spiro atoms. The minimum atomic E-state index is -3.14. The number of fused-ring (bicyclic) bond motifs is 1. The zero-order chi connectivity index (χ0) is 14.3. The first-order chi connectivity index (χ1) is 9.45. The van der Waals surface area contributed by atoms with Crippen LogP contribution in [0.3, 0.4) is 0 Å². The molecule has 108 valence electrons. The minimum Gasteiger partial charge on any atom is -0.352 e. The molecule has 1 aliphatic heterocycles. The van der Waals surface area contributed by atoms with Crippen LogP contribution in [0.4, 0.5) is 5.82 Å². The van der Waals surface area contributed by atoms with Crippen LogP contribution >= 0.6 is 11.6 Å². The van der Waals surface area contributed by atoms with E-state index in [1.165, 1.54) is 16.9 Å². The van der Waals surface area contributed by atoms with Crippen LogP contribution in [0, 0.1) is 0 Å². The Morgan fingerprint density at radius 3 is 2.60 bits per heavy atom. The van der Waals surface area contributed by atoms with Crippen LogP contribution in [-0.4, -0.2) is 65.1 Å². The molecule has 1 fully saturated rings. The van der Waals surface area contributed by atoms with Crippen molar-refractivity contribution < 1.29 is 8.42 Å². The summed E-state index contributed by atoms with van der Waals surface area (Å²) >= 11 is 5.89. The smallest absolute Gasteiger partial charge is 0.226 e. The molecule has 1 saturated heterocycles. The van der Waals surface area contributed by atoms with Crippen molar-refractivity contribution in [2.75, 3.05) is 37.3 Å². The predicted molar refractivity (Wildman–Crippen MR) is 75.3 cm³/mol. The van der Waals surface area contributed by atoms with E-state index in [2.05, 4.69) is 19.9 Å². The minimum absolute atomic E-state index is 0.130. The third-order valence-electron chi connectivity index (χ3n) is 3.25. The van der Waals surface area contributed by atoms with E-state index in [4.69, 9.17) is 11.6 Å². The van der Waals surface area contributed by atoms with Crippen LogP contribution < -0.4 is 4.90 Å². The van der Waals surface area contributed by atoms with Crippen LogP contribution in [0.5, 0.6) is 0 Å². The van der Waals surface area contributed by atoms with Gasteiger partial charge in [-0.05, 0) is 11.6 Å². The summed E-state index contributed by atoms with van der Waals surface area (Å²) in [6.45, 7) is 1.95. The fourth-order valence-electron chi connectivity index (χ4n) is 2.25. The number of aromatic nitrogens is 4. The van der Waals surface area contributed by atoms with Gasteiger partial charge in [-0.1, -0.05) is 0 Å². The number of rotatable bonds is 2. The first-order valence-corrected chi connectivity index (χ1v) is 8.24. The van der Waals surface area contributed by atoms with Gasteiger partial charge in [-0.3, -0.25) is 0 Å². The number of halogens is 1. The van der Waals surface area contributed by atoms with Crippen molar-refractivity contribution in [2.45, 2.75) is 0 Å². The molecule has 1 N–H and O–H groups in total. The summed E-state index contributed by atoms with van der Waals surface area (Å²) in [5.41, 5.74) is 1.22. The van der Waals surface area contributed by atoms with Gasteiger partial charge in [-0.25, -0.2) is 13.4 Å². The first-order valence-electron chi connectivity index (χ1n) is 6.02. The van der Waals surface area contributed by atoms with E-state index in [0.29, 0.717) is 43.2 Å². The molecule has 2 aromatic heterocycles. The number of sulfonamides is 1. The summed E-state index contributed by atoms with van der Waals surface area (Å²) in [7, 11) is -3.14. The van der Waals surface area contributed by atoms with Gasteiger partial charge in [0.05, 0.1) is 12.6 Å². The lowest BCUT2D eigenvalue weighted by Crippen LogP contribution is -2.48. The van der Waals surface area contributed by atoms with E-state index in [-0.39, 0.29) is 5.28 Å². The normalized spacial score (nSPS) is 17.8. The first kappa shape index (κ1) is 13.5. The number of anilines is 1. The summed E-state index contributed by atoms with van der Waals surface area (Å²) in [5.74, 6) is 0.658. The molecule has 0 unspecified atom stereocenters. The van der Waals surface area contributed by atoms with Gasteiger partial charge in [0.2, 0.25) is 15.3 Å². The van der Waals surface area contributed by atoms with Gasteiger partial charge in [0.15, 0.2) is 11.5 Å². The summed E-state index contributed by atoms with van der Waals surface area (Å²) in [4.78, 5) is 17.3. The monoisotopic (exact) mass is 316 g/mol. The molecule has 3 rings (SSSR count). The molecule has 0 aliphatic carbocycles. The van der Waals surface area contributed by atoms with E-state index in [0.717, 1.165) is 0 Å². The number of imidazole rings is 1. The number of nitrogens with one attached hydrogen (secondary N) is 1. The molecular formula is C10H13ClN6O2S. The number of H-pyrrole nitrogens is 1. The molecule has 20 heavy (non-hydrogen) atoms. The van der Waals surface area contributed by atoms with Gasteiger partial charge in [0.1, 0.15) is 5.52 Å². The maximum Gasteiger partial charge on any atom is 0.226 e. The van der Waals surface area contributed by atoms with Crippen molar-refractivity contribution in [1.29, 1.82) is 0 Å². The second-order valence-corrected chi connectivity index (χ2v) is 6.89. The maximum atomic E-state index is 11.5. The Balaban J connectivity index is 1.89. The molecule has 2 aromatic rings. The Hall–Kier alpha value is -1.45. The van der Waals surface area contributed by atoms with Crippen molar-refractivity contribution in [3.63, 3.8) is 0 Å². The van der Waals surface area contributed by atoms with Gasteiger partial charge in [0, 0.05) is 26.2 Å². The van der Waals surface area contributed by atoms with Crippen LogP contribution in [-0.2, 0) is 10.0 Å². The fraction of sp³-hybridized carbons (Fsp3) is 0.500. The topological polar surface area (TPSA) is 95.1 Å². The molecule has 0 bridgehead atoms. The lowest BCUT2D eigenvalue weighted by atomic mass is 10.3. The van der Waals surface area contributed by atoms with Crippen LogP contribution in [0.1, 0.15) is 0 Å². The molecule has 0 amide bonds. The zero-order valence-corrected chi connectivity index (χ0v) is 12.3. The van der Waals surface area contributed by atoms with Crippen molar-refractivity contribution in [3.05, 3.63) is 11.6 Å². The number of nitrogens with zero attached hydrogens (tertiary/aromatic N) is 5. The SMILES string of the molecule is CS(=O)(=O)N1CCN(c2nc(Cl)nc3nc[nH]c23)CC1. The van der Waals surface area contributed by atoms with Gasteiger partial charge < -0.3 is 9.88 Å². The quantitative estimate of drug-likeness (QED) is 0.789. The molecule has 0 radical (unpaired) electrons. The average Bonchev–Trinajstić information content (AvgIpc) is 2.85. The van der Waals surface area contributed by atoms with Crippen molar-refractivity contribution >= 4 is 38.6 Å². The molecule has 10 heteroatoms. The van der Waals surface area contributed by atoms with Crippen LogP contribution in [0.15, 0.2) is 6.33 Å². The van der Waals surface area contributed by atoms with Crippen LogP contribution in [0.25, 0.3) is 11.2 Å². The van der Waals surface area contributed by atoms with Crippen molar-refractivity contribution in [3.8, 4) is 0 Å². The predicted octanol–water partition coefficient (Wildman–Crippen LogP) is 0.0879. The van der Waals surface area contributed by atoms with E-state index >= 15 is 0 Å². The lowest BCUT2D eigenvalue weighted by Gasteiger charge is -2.33. The Morgan fingerprint density at radius 1 is 1.25 bits per heavy atom. The standard InChI is InChI=1S/C10H13ClN6O2S/c1-20(18,19)17-4-2-16(3-5-17)9-7-8(13-6-12-7)14-10(11)15-9/h6H,2-5H2,1H3,(H,12,13,14,15). The Labute approximate surface area is 120 Å². The summed E-state index contributed by atoms with van der Waals surface area (Å²) in [6.07, 6.45) is 2.75. The number of aromatic amines is 1. The van der Waals surface area contributed by atoms with Crippen molar-refractivity contribution in [2.24, 2.45) is 0 Å². The summed E-state index contributed by atoms with van der Waals surface area (Å²) in [6, 6.07) is 0. The molecule has 0 saturated carbocycles. The van der Waals surface area contributed by atoms with Gasteiger partial charge in [-0.2, -0.15) is 14.3 Å². The fourth-order valence-corrected chi connectivity index (χ4v) is 3.24. The molecular weight excluding hydrogens is 304 g/mol. The molecule has 1 aliphatic rings. The van der Waals surface area contributed by atoms with Gasteiger partial charge >= 0.3 is 0 Å². The van der Waals surface area contributed by atoms with Gasteiger partial charge in [-0.15, -0.1) is 0 Å². The molecule has 0 aromatic carbocycles. The van der Waals surface area contributed by atoms with E-state index in [1.807, 2.05) is 4.90 Å². The number of hydrogen-bond donors (Lipinski definition) is 1. The highest BCUT2D eigenvalue weighted by atomic mass is 35.5. The summed E-state index contributed by atoms with van der Waals surface area (Å²) < 4.78 is 24.5. The number of piperazine rings is 1. The highest BCUT2D eigenvalue weighted by Crippen LogP contribution is 2.24. The average molecular weight is 317 g/mol. The summed E-state index contributed by atoms with van der Waals surface area (Å²) in [5, 5.41) is 0.130. The van der Waals surface area contributed by atoms with Gasteiger partial charge in [0.25, 0.3) is 0 Å². The molecule has 0 atom stereocenters. The van der Waals surface area contributed by atoms with E-state index in [1.54, 1.807) is 0 Å². The number of hydrogen-bond acceptors (Lipinski definition) is 6. The third-order valence-corrected chi connectivity index (χ3v) is 4.72. The van der Waals surface area contributed by atoms with Crippen molar-refractivity contribution in [1.82, 2.24) is 24.2 Å². The molecule has 3 heterocycles. The van der Waals surface area contributed by atoms with Crippen LogP contribution in [0.2, 0.25) is 5.28 Å². The second-order valence-electron chi connectivity index (χ2n) is 4.57. The Kier molecular flexibility index (Phi) is 3.27. The lowest BCUT2D eigenvalue weighted by molar-refractivity contribution is 0.387. The highest BCUT2D eigenvalue weighted by Gasteiger charge is 2.25.